The molecule has 9 N–H and O–H groups in total. The molecule has 6 heterocycles. The highest BCUT2D eigenvalue weighted by atomic mass is 31.2. The van der Waals surface area contributed by atoms with Crippen LogP contribution in [0.25, 0.3) is 33.5 Å². The second kappa shape index (κ2) is 41.0. The smallest absolute Gasteiger partial charge is 0.496 e. The van der Waals surface area contributed by atoms with Gasteiger partial charge in [-0.3, -0.25) is 56.6 Å². The molecule has 40 nitrogen and oxygen atoms in total. The normalized spacial score (nSPS) is 12.8. The van der Waals surface area contributed by atoms with Crippen LogP contribution in [0, 0.1) is 32.4 Å². The predicted molar refractivity (Wildman–Crippen MR) is 396 cm³/mol. The number of aryl methyl sites for hydroxylation is 3. The van der Waals surface area contributed by atoms with Crippen molar-refractivity contribution in [3.63, 3.8) is 0 Å². The van der Waals surface area contributed by atoms with E-state index < -0.39 is 109 Å². The highest BCUT2D eigenvalue weighted by Crippen LogP contribution is 2.51. The molecule has 0 saturated heterocycles. The van der Waals surface area contributed by atoms with Gasteiger partial charge in [0.25, 0.3) is 16.7 Å². The SMILES string of the molecule is COC(=O)OCOP(=O)(COCCn1cnc2c(=O)[nH]c(N)nc21)OCc1cccc(F)c1.COc1cc(OC(=O)OCOP(=O)(COCCn2cnc3c(=O)[nH]c(N)nc32)OCc2ccc(C)cc2)ccc1C.Cc1ccc(COP(=O)(COCCn2cnc3c(=O)[nH]c(N)nc32)OCOC(=O)Oc2ccc(F)cc2)cc1. The first-order chi connectivity index (χ1) is 54.1. The van der Waals surface area contributed by atoms with Gasteiger partial charge in [0, 0.05) is 25.7 Å². The number of methoxy groups -OCH3 is 2. The van der Waals surface area contributed by atoms with Crippen LogP contribution in [0.5, 0.6) is 17.2 Å². The van der Waals surface area contributed by atoms with Crippen molar-refractivity contribution in [1.82, 2.24) is 58.6 Å². The van der Waals surface area contributed by atoms with E-state index in [4.69, 9.17) is 82.2 Å². The summed E-state index contributed by atoms with van der Waals surface area (Å²) in [5.74, 6) is -0.377. The molecule has 0 bridgehead atoms. The van der Waals surface area contributed by atoms with Gasteiger partial charge in [0.2, 0.25) is 38.2 Å². The van der Waals surface area contributed by atoms with Gasteiger partial charge in [0.05, 0.1) is 72.8 Å². The number of imidazole rings is 3. The molecule has 45 heteroatoms. The highest BCUT2D eigenvalue weighted by molar-refractivity contribution is 7.54. The van der Waals surface area contributed by atoms with E-state index in [-0.39, 0.29) is 122 Å². The maximum Gasteiger partial charge on any atom is 0.515 e. The Hall–Kier alpha value is -11.7. The molecule has 3 unspecified atom stereocenters. The van der Waals surface area contributed by atoms with Gasteiger partial charge in [-0.05, 0) is 85.5 Å². The third-order valence-corrected chi connectivity index (χ3v) is 19.7. The Morgan fingerprint density at radius 1 is 0.451 bits per heavy atom. The summed E-state index contributed by atoms with van der Waals surface area (Å²) in [6.45, 7) is 3.87. The summed E-state index contributed by atoms with van der Waals surface area (Å²) in [6, 6.07) is 29.8. The van der Waals surface area contributed by atoms with E-state index in [9.17, 15) is 51.2 Å². The molecular formula is C68H76F2N15O25P3. The van der Waals surface area contributed by atoms with E-state index in [1.807, 2.05) is 69.3 Å². The fraction of sp³-hybridized carbons (Fsp3) is 0.294. The number of nitrogens with two attached hydrogens (primary N) is 3. The van der Waals surface area contributed by atoms with Crippen LogP contribution in [-0.4, -0.2) is 150 Å². The zero-order valence-corrected chi connectivity index (χ0v) is 63.6. The van der Waals surface area contributed by atoms with Crippen LogP contribution in [0.15, 0.2) is 149 Å². The van der Waals surface area contributed by atoms with Crippen LogP contribution in [0.1, 0.15) is 33.4 Å². The lowest BCUT2D eigenvalue weighted by atomic mass is 10.2. The lowest BCUT2D eigenvalue weighted by Gasteiger charge is -2.19. The van der Waals surface area contributed by atoms with E-state index >= 15 is 0 Å². The molecule has 0 spiro atoms. The first-order valence-corrected chi connectivity index (χ1v) is 38.5. The average Bonchev–Trinajstić information content (AvgIpc) is 1.68. The molecule has 6 aromatic heterocycles. The number of hydrogen-bond donors (Lipinski definition) is 6. The van der Waals surface area contributed by atoms with Crippen LogP contribution in [0.4, 0.5) is 41.0 Å². The number of anilines is 3. The summed E-state index contributed by atoms with van der Waals surface area (Å²) >= 11 is 0. The number of hydrogen-bond acceptors (Lipinski definition) is 34. The summed E-state index contributed by atoms with van der Waals surface area (Å²) in [6.07, 6.45) is -0.485. The van der Waals surface area contributed by atoms with E-state index in [0.717, 1.165) is 47.1 Å². The van der Waals surface area contributed by atoms with Gasteiger partial charge in [-0.2, -0.15) is 15.0 Å². The Kier molecular flexibility index (Phi) is 31.0. The molecule has 0 aliphatic carbocycles. The number of nitrogen functional groups attached to an aromatic ring is 3. The summed E-state index contributed by atoms with van der Waals surface area (Å²) in [5.41, 5.74) is 21.4. The third kappa shape index (κ3) is 26.5. The van der Waals surface area contributed by atoms with Gasteiger partial charge in [0.1, 0.15) is 47.9 Å². The molecule has 602 valence electrons. The second-order valence-corrected chi connectivity index (χ2v) is 29.5. The lowest BCUT2D eigenvalue weighted by molar-refractivity contribution is 0.00244. The Labute approximate surface area is 638 Å². The minimum Gasteiger partial charge on any atom is -0.496 e. The molecule has 0 radical (unpaired) electrons. The fourth-order valence-corrected chi connectivity index (χ4v) is 12.8. The predicted octanol–water partition coefficient (Wildman–Crippen LogP) is 9.61. The summed E-state index contributed by atoms with van der Waals surface area (Å²) < 4.78 is 154. The van der Waals surface area contributed by atoms with E-state index in [1.165, 1.54) is 67.1 Å². The molecule has 0 aliphatic rings. The van der Waals surface area contributed by atoms with Gasteiger partial charge in [-0.25, -0.2) is 38.1 Å². The number of halogens is 2. The van der Waals surface area contributed by atoms with Crippen LogP contribution in [-0.2, 0) is 113 Å². The minimum atomic E-state index is -3.93. The average molecular weight is 1630 g/mol. The minimum absolute atomic E-state index is 0.00831. The number of rotatable bonds is 36. The molecule has 11 aromatic rings. The number of aromatic nitrogens is 12. The van der Waals surface area contributed by atoms with Gasteiger partial charge in [-0.1, -0.05) is 77.9 Å². The van der Waals surface area contributed by atoms with Crippen molar-refractivity contribution in [2.75, 3.05) is 90.7 Å². The number of nitrogens with zero attached hydrogens (tertiary/aromatic N) is 9. The molecule has 0 aliphatic heterocycles. The monoisotopic (exact) mass is 1630 g/mol. The fourth-order valence-electron chi connectivity index (χ4n) is 9.41. The van der Waals surface area contributed by atoms with Crippen LogP contribution >= 0.6 is 22.8 Å². The Bertz CT molecular complexity index is 5380. The first kappa shape index (κ1) is 85.4. The van der Waals surface area contributed by atoms with Crippen molar-refractivity contribution in [2.45, 2.75) is 60.2 Å². The number of ether oxygens (including phenoxy) is 10. The zero-order valence-electron chi connectivity index (χ0n) is 60.9. The Morgan fingerprint density at radius 2 is 0.832 bits per heavy atom. The number of H-pyrrole nitrogens is 3. The number of fused-ring (bicyclic) bond motifs is 3. The van der Waals surface area contributed by atoms with Crippen molar-refractivity contribution >= 4 is 92.6 Å². The topological polar surface area (TPSA) is 519 Å². The second-order valence-electron chi connectivity index (χ2n) is 23.5. The van der Waals surface area contributed by atoms with Crippen molar-refractivity contribution in [2.24, 2.45) is 0 Å². The standard InChI is InChI=1S/C26H30N5O9P.C24H25FN5O8P.C18H21FN5O8P/c1-17-4-7-19(8-5-17)13-38-41(34,39-15-37-26(33)40-20-9-6-18(2)21(12-20)35-3)16-36-11-10-31-14-28-22-23(31)29-25(27)30-24(22)32;1-16-2-4-17(5-3-16)12-36-39(33,37-14-35-24(32)38-19-8-6-18(25)7-9-19)15-34-11-10-30-13-27-20-21(30)28-23(26)29-22(20)31;1-28-18(26)30-10-32-33(27,31-8-12-3-2-4-13(19)7-12)11-29-6-5-24-9-21-14-15(24)22-17(20)23-16(14)25/h4-9,12,14H,10-11,13,15-16H2,1-3H3,(H3,27,29,30,32);2-9,13H,10-12,14-15H2,1H3,(H3,26,28,29,31);2-4,7,9H,5-6,8,10-11H2,1H3,(H3,20,22,23,25). The maximum atomic E-state index is 13.5. The van der Waals surface area contributed by atoms with Gasteiger partial charge < -0.3 is 91.8 Å². The lowest BCUT2D eigenvalue weighted by Crippen LogP contribution is -2.15. The van der Waals surface area contributed by atoms with E-state index in [0.29, 0.717) is 11.3 Å². The summed E-state index contributed by atoms with van der Waals surface area (Å²) in [5, 5.41) is 0. The van der Waals surface area contributed by atoms with E-state index in [1.54, 1.807) is 27.3 Å². The van der Waals surface area contributed by atoms with Crippen molar-refractivity contribution in [3.8, 4) is 17.2 Å². The highest BCUT2D eigenvalue weighted by Gasteiger charge is 2.30. The van der Waals surface area contributed by atoms with Gasteiger partial charge in [0.15, 0.2) is 33.5 Å². The van der Waals surface area contributed by atoms with Gasteiger partial charge in [-0.15, -0.1) is 0 Å². The van der Waals surface area contributed by atoms with Crippen molar-refractivity contribution in [1.29, 1.82) is 0 Å². The van der Waals surface area contributed by atoms with Crippen LogP contribution < -0.4 is 48.1 Å². The van der Waals surface area contributed by atoms with Crippen LogP contribution in [0.3, 0.4) is 0 Å². The van der Waals surface area contributed by atoms with Crippen molar-refractivity contribution < 1.29 is 111 Å². The number of aromatic amines is 3. The zero-order chi connectivity index (χ0) is 81.1. The summed E-state index contributed by atoms with van der Waals surface area (Å²) in [7, 11) is -9.18. The Morgan fingerprint density at radius 3 is 1.22 bits per heavy atom. The van der Waals surface area contributed by atoms with Gasteiger partial charge >= 0.3 is 41.3 Å². The molecule has 0 fully saturated rings. The largest absolute Gasteiger partial charge is 0.515 e. The molecule has 5 aromatic carbocycles. The number of carbonyl (C=O) groups excluding carboxylic acids is 3. The first-order valence-electron chi connectivity index (χ1n) is 33.3. The van der Waals surface area contributed by atoms with E-state index in [2.05, 4.69) is 54.3 Å². The molecule has 0 saturated carbocycles. The quantitative estimate of drug-likeness (QED) is 0.00531. The third-order valence-electron chi connectivity index (χ3n) is 15.1. The Balaban J connectivity index is 0.000000196. The molecular weight excluding hydrogens is 1560 g/mol. The van der Waals surface area contributed by atoms with Crippen molar-refractivity contribution in [3.05, 3.63) is 210 Å². The number of carbonyl (C=O) groups is 3. The van der Waals surface area contributed by atoms with Crippen LogP contribution in [0.2, 0.25) is 0 Å². The molecule has 3 atom stereocenters. The molecule has 0 amide bonds. The number of nitrogens with one attached hydrogen (secondary N) is 3. The summed E-state index contributed by atoms with van der Waals surface area (Å²) in [4.78, 5) is 102. The number of benzene rings is 5. The maximum absolute atomic E-state index is 13.5. The molecule has 11 rings (SSSR count). The molecule has 113 heavy (non-hydrogen) atoms.